The van der Waals surface area contributed by atoms with E-state index in [2.05, 4.69) is 4.74 Å². The Bertz CT molecular complexity index is 164. The summed E-state index contributed by atoms with van der Waals surface area (Å²) in [7, 11) is 0. The summed E-state index contributed by atoms with van der Waals surface area (Å²) in [6.07, 6.45) is -0.377. The molecule has 0 aromatic rings. The van der Waals surface area contributed by atoms with Crippen LogP contribution in [-0.2, 0) is 4.74 Å². The largest absolute Gasteiger partial charge is 0.449 e. The van der Waals surface area contributed by atoms with E-state index in [1.54, 1.807) is 6.92 Å². The van der Waals surface area contributed by atoms with Gasteiger partial charge in [-0.25, -0.2) is 15.6 Å². The Morgan fingerprint density at radius 1 is 1.82 bits per heavy atom. The lowest BCUT2D eigenvalue weighted by molar-refractivity contribution is 0.108. The summed E-state index contributed by atoms with van der Waals surface area (Å²) >= 11 is 0. The van der Waals surface area contributed by atoms with Crippen molar-refractivity contribution in [1.82, 2.24) is 5.01 Å². The molecule has 11 heavy (non-hydrogen) atoms. The maximum Gasteiger partial charge on any atom is 0.424 e. The second-order valence-corrected chi connectivity index (χ2v) is 1.80. The summed E-state index contributed by atoms with van der Waals surface area (Å²) in [4.78, 5) is 10.7. The fraction of sp³-hybridized carbons (Fsp3) is 0.667. The number of amides is 1. The van der Waals surface area contributed by atoms with Crippen LogP contribution < -0.4 is 5.84 Å². The third kappa shape index (κ3) is 4.17. The molecular weight excluding hydrogens is 146 g/mol. The van der Waals surface area contributed by atoms with Crippen LogP contribution in [0.5, 0.6) is 0 Å². The molecule has 0 saturated carbocycles. The Balaban J connectivity index is 3.57. The minimum atomic E-state index is -0.595. The molecule has 62 valence electrons. The first kappa shape index (κ1) is 9.72. The summed E-state index contributed by atoms with van der Waals surface area (Å²) in [6.45, 7) is 2.18. The van der Waals surface area contributed by atoms with Crippen molar-refractivity contribution in [3.05, 3.63) is 0 Å². The van der Waals surface area contributed by atoms with Crippen LogP contribution in [0.4, 0.5) is 4.79 Å². The molecular formula is C6H11N3O2. The van der Waals surface area contributed by atoms with Gasteiger partial charge in [0.25, 0.3) is 0 Å². The number of rotatable bonds is 3. The van der Waals surface area contributed by atoms with Crippen molar-refractivity contribution in [2.75, 3.05) is 13.2 Å². The number of hydrogen-bond acceptors (Lipinski definition) is 4. The molecule has 1 amide bonds. The molecule has 5 nitrogen and oxygen atoms in total. The summed E-state index contributed by atoms with van der Waals surface area (Å²) in [5.41, 5.74) is 0. The van der Waals surface area contributed by atoms with Gasteiger partial charge in [-0.2, -0.15) is 5.26 Å². The third-order valence-electron chi connectivity index (χ3n) is 0.967. The van der Waals surface area contributed by atoms with Crippen molar-refractivity contribution in [3.8, 4) is 6.07 Å². The lowest BCUT2D eigenvalue weighted by atomic mass is 10.5. The quantitative estimate of drug-likeness (QED) is 0.361. The van der Waals surface area contributed by atoms with Gasteiger partial charge >= 0.3 is 6.09 Å². The predicted octanol–water partition coefficient (Wildman–Crippen LogP) is 0.232. The van der Waals surface area contributed by atoms with Gasteiger partial charge < -0.3 is 4.74 Å². The standard InChI is InChI=1S/C6H11N3O2/c1-2-11-6(10)9(8)5-3-4-7/h2-3,5,8H2,1H3. The van der Waals surface area contributed by atoms with Gasteiger partial charge in [-0.15, -0.1) is 0 Å². The third-order valence-corrected chi connectivity index (χ3v) is 0.967. The first-order chi connectivity index (χ1) is 5.22. The van der Waals surface area contributed by atoms with E-state index in [4.69, 9.17) is 11.1 Å². The molecule has 0 aliphatic carbocycles. The highest BCUT2D eigenvalue weighted by atomic mass is 16.6. The lowest BCUT2D eigenvalue weighted by Crippen LogP contribution is -2.38. The second kappa shape index (κ2) is 5.50. The maximum atomic E-state index is 10.7. The van der Waals surface area contributed by atoms with E-state index in [0.29, 0.717) is 6.61 Å². The van der Waals surface area contributed by atoms with E-state index < -0.39 is 6.09 Å². The van der Waals surface area contributed by atoms with Crippen LogP contribution in [0.1, 0.15) is 13.3 Å². The van der Waals surface area contributed by atoms with Gasteiger partial charge in [0.1, 0.15) is 0 Å². The van der Waals surface area contributed by atoms with Gasteiger partial charge in [0.2, 0.25) is 0 Å². The van der Waals surface area contributed by atoms with Gasteiger partial charge in [0, 0.05) is 0 Å². The number of nitrogens with two attached hydrogens (primary N) is 1. The summed E-state index contributed by atoms with van der Waals surface area (Å²) in [5.74, 6) is 5.20. The highest BCUT2D eigenvalue weighted by Crippen LogP contribution is 1.88. The number of nitriles is 1. The van der Waals surface area contributed by atoms with Crippen molar-refractivity contribution >= 4 is 6.09 Å². The van der Waals surface area contributed by atoms with Gasteiger partial charge in [-0.05, 0) is 6.92 Å². The number of hydrogen-bond donors (Lipinski definition) is 1. The minimum Gasteiger partial charge on any atom is -0.449 e. The molecule has 0 fully saturated rings. The van der Waals surface area contributed by atoms with E-state index in [-0.39, 0.29) is 13.0 Å². The zero-order valence-corrected chi connectivity index (χ0v) is 6.41. The predicted molar refractivity (Wildman–Crippen MR) is 38.1 cm³/mol. The number of ether oxygens (including phenoxy) is 1. The molecule has 0 aliphatic rings. The molecule has 0 rings (SSSR count). The van der Waals surface area contributed by atoms with Gasteiger partial charge in [0.05, 0.1) is 25.6 Å². The van der Waals surface area contributed by atoms with Gasteiger partial charge in [-0.3, -0.25) is 0 Å². The Morgan fingerprint density at radius 3 is 2.91 bits per heavy atom. The molecule has 0 unspecified atom stereocenters. The molecule has 2 N–H and O–H groups in total. The van der Waals surface area contributed by atoms with E-state index >= 15 is 0 Å². The first-order valence-corrected chi connectivity index (χ1v) is 3.28. The summed E-state index contributed by atoms with van der Waals surface area (Å²) in [6, 6.07) is 1.87. The Hall–Kier alpha value is -1.28. The Kier molecular flexibility index (Phi) is 4.86. The van der Waals surface area contributed by atoms with Crippen molar-refractivity contribution in [2.24, 2.45) is 5.84 Å². The average Bonchev–Trinajstić information content (AvgIpc) is 2.00. The number of carbonyl (C=O) groups is 1. The van der Waals surface area contributed by atoms with Crippen LogP contribution in [0.2, 0.25) is 0 Å². The van der Waals surface area contributed by atoms with Gasteiger partial charge in [0.15, 0.2) is 0 Å². The number of carbonyl (C=O) groups excluding carboxylic acids is 1. The van der Waals surface area contributed by atoms with Crippen LogP contribution in [0.25, 0.3) is 0 Å². The molecule has 0 aromatic carbocycles. The van der Waals surface area contributed by atoms with Crippen LogP contribution in [0, 0.1) is 11.3 Å². The molecule has 0 saturated heterocycles. The highest BCUT2D eigenvalue weighted by Gasteiger charge is 2.07. The monoisotopic (exact) mass is 157 g/mol. The second-order valence-electron chi connectivity index (χ2n) is 1.80. The average molecular weight is 157 g/mol. The van der Waals surface area contributed by atoms with Crippen molar-refractivity contribution < 1.29 is 9.53 Å². The first-order valence-electron chi connectivity index (χ1n) is 3.28. The molecule has 0 aliphatic heterocycles. The highest BCUT2D eigenvalue weighted by molar-refractivity contribution is 5.66. The summed E-state index contributed by atoms with van der Waals surface area (Å²) in [5, 5.41) is 9.02. The van der Waals surface area contributed by atoms with Crippen LogP contribution in [-0.4, -0.2) is 24.3 Å². The van der Waals surface area contributed by atoms with Crippen molar-refractivity contribution in [3.63, 3.8) is 0 Å². The lowest BCUT2D eigenvalue weighted by Gasteiger charge is -2.13. The smallest absolute Gasteiger partial charge is 0.424 e. The summed E-state index contributed by atoms with van der Waals surface area (Å²) < 4.78 is 4.55. The SMILES string of the molecule is CCOC(=O)N(N)CCC#N. The van der Waals surface area contributed by atoms with Crippen LogP contribution in [0.3, 0.4) is 0 Å². The molecule has 0 heterocycles. The van der Waals surface area contributed by atoms with Gasteiger partial charge in [-0.1, -0.05) is 0 Å². The molecule has 0 spiro atoms. The number of nitrogens with zero attached hydrogens (tertiary/aromatic N) is 2. The van der Waals surface area contributed by atoms with E-state index in [0.717, 1.165) is 5.01 Å². The van der Waals surface area contributed by atoms with Crippen molar-refractivity contribution in [2.45, 2.75) is 13.3 Å². The zero-order valence-electron chi connectivity index (χ0n) is 6.41. The number of hydrazine groups is 1. The minimum absolute atomic E-state index is 0.204. The molecule has 0 radical (unpaired) electrons. The van der Waals surface area contributed by atoms with E-state index in [9.17, 15) is 4.79 Å². The molecule has 5 heteroatoms. The fourth-order valence-electron chi connectivity index (χ4n) is 0.468. The van der Waals surface area contributed by atoms with E-state index in [1.807, 2.05) is 6.07 Å². The Morgan fingerprint density at radius 2 is 2.45 bits per heavy atom. The van der Waals surface area contributed by atoms with Crippen LogP contribution >= 0.6 is 0 Å². The zero-order chi connectivity index (χ0) is 8.69. The fourth-order valence-corrected chi connectivity index (χ4v) is 0.468. The van der Waals surface area contributed by atoms with Crippen LogP contribution in [0.15, 0.2) is 0 Å². The normalized spacial score (nSPS) is 8.45. The van der Waals surface area contributed by atoms with Crippen molar-refractivity contribution in [1.29, 1.82) is 5.26 Å². The topological polar surface area (TPSA) is 79.3 Å². The Labute approximate surface area is 65.3 Å². The molecule has 0 aromatic heterocycles. The molecule has 0 bridgehead atoms. The maximum absolute atomic E-state index is 10.7. The molecule has 0 atom stereocenters. The van der Waals surface area contributed by atoms with E-state index in [1.165, 1.54) is 0 Å².